The molecule has 0 spiro atoms. The zero-order valence-corrected chi connectivity index (χ0v) is 23.2. The molecule has 2 aromatic carbocycles. The van der Waals surface area contributed by atoms with Gasteiger partial charge >= 0.3 is 5.92 Å². The lowest BCUT2D eigenvalue weighted by Gasteiger charge is -2.15. The minimum atomic E-state index is -3.50. The van der Waals surface area contributed by atoms with Crippen LogP contribution in [0.1, 0.15) is 24.2 Å². The van der Waals surface area contributed by atoms with Crippen LogP contribution in [0, 0.1) is 0 Å². The second kappa shape index (κ2) is 11.0. The molecule has 6 aromatic rings. The second-order valence-electron chi connectivity index (χ2n) is 10.6. The Morgan fingerprint density at radius 2 is 1.58 bits per heavy atom. The Balaban J connectivity index is 1.13. The number of alkyl halides is 2. The van der Waals surface area contributed by atoms with E-state index in [4.69, 9.17) is 5.73 Å². The Labute approximate surface area is 245 Å². The number of benzene rings is 2. The summed E-state index contributed by atoms with van der Waals surface area (Å²) in [6.07, 6.45) is 9.65. The van der Waals surface area contributed by atoms with E-state index in [-0.39, 0.29) is 11.2 Å². The number of aromatic nitrogens is 8. The summed E-state index contributed by atoms with van der Waals surface area (Å²) in [5.41, 5.74) is 9.69. The van der Waals surface area contributed by atoms with Gasteiger partial charge in [-0.1, -0.05) is 30.3 Å². The van der Waals surface area contributed by atoms with Crippen LogP contribution in [0.2, 0.25) is 0 Å². The molecule has 43 heavy (non-hydrogen) atoms. The zero-order chi connectivity index (χ0) is 29.4. The molecule has 12 heteroatoms. The first-order valence-electron chi connectivity index (χ1n) is 14.1. The monoisotopic (exact) mass is 578 g/mol. The van der Waals surface area contributed by atoms with Crippen molar-refractivity contribution in [1.82, 2.24) is 44.5 Å². The van der Waals surface area contributed by atoms with Gasteiger partial charge in [-0.25, -0.2) is 9.97 Å². The van der Waals surface area contributed by atoms with E-state index < -0.39 is 11.7 Å². The summed E-state index contributed by atoms with van der Waals surface area (Å²) >= 11 is 0. The standard InChI is InChI=1S/C31H28F2N10/c32-31(33,30-39-38-28-10-9-27(40-43(28)30)21-5-4-8-26(34)16-21)25-7-3-6-22(15-25)29-35-17-23(18-36-29)24-19-37-42(20-24)14-13-41-11-1-2-12-41/h3-10,15-20H,1-2,11-14,34H2. The Kier molecular flexibility index (Phi) is 6.82. The average molecular weight is 579 g/mol. The van der Waals surface area contributed by atoms with Crippen LogP contribution >= 0.6 is 0 Å². The quantitative estimate of drug-likeness (QED) is 0.253. The summed E-state index contributed by atoms with van der Waals surface area (Å²) in [6, 6.07) is 16.3. The highest BCUT2D eigenvalue weighted by Gasteiger charge is 2.40. The third-order valence-corrected chi connectivity index (χ3v) is 7.67. The number of likely N-dealkylation sites (tertiary alicyclic amines) is 1. The van der Waals surface area contributed by atoms with Crippen LogP contribution in [0.4, 0.5) is 14.5 Å². The number of nitrogens with zero attached hydrogens (tertiary/aromatic N) is 9. The molecule has 0 saturated carbocycles. The number of rotatable bonds is 8. The van der Waals surface area contributed by atoms with Crippen molar-refractivity contribution < 1.29 is 8.78 Å². The summed E-state index contributed by atoms with van der Waals surface area (Å²) in [4.78, 5) is 11.4. The normalized spacial score (nSPS) is 14.1. The van der Waals surface area contributed by atoms with Gasteiger partial charge in [0, 0.05) is 58.6 Å². The molecule has 0 bridgehead atoms. The van der Waals surface area contributed by atoms with Gasteiger partial charge in [-0.05, 0) is 56.3 Å². The fourth-order valence-electron chi connectivity index (χ4n) is 5.33. The minimum absolute atomic E-state index is 0.205. The van der Waals surface area contributed by atoms with Crippen molar-refractivity contribution in [2.24, 2.45) is 0 Å². The molecule has 1 aliphatic rings. The molecule has 5 heterocycles. The molecular weight excluding hydrogens is 550 g/mol. The van der Waals surface area contributed by atoms with Crippen molar-refractivity contribution >= 4 is 11.3 Å². The average Bonchev–Trinajstić information content (AvgIpc) is 3.81. The number of anilines is 1. The second-order valence-corrected chi connectivity index (χ2v) is 10.6. The van der Waals surface area contributed by atoms with Crippen molar-refractivity contribution in [2.75, 3.05) is 25.4 Å². The number of hydrogen-bond acceptors (Lipinski definition) is 8. The van der Waals surface area contributed by atoms with E-state index in [1.54, 1.807) is 61.1 Å². The Hall–Kier alpha value is -5.10. The summed E-state index contributed by atoms with van der Waals surface area (Å²) in [6.45, 7) is 4.09. The van der Waals surface area contributed by atoms with E-state index in [9.17, 15) is 0 Å². The predicted octanol–water partition coefficient (Wildman–Crippen LogP) is 4.93. The van der Waals surface area contributed by atoms with E-state index in [2.05, 4.69) is 35.3 Å². The number of nitrogens with two attached hydrogens (primary N) is 1. The van der Waals surface area contributed by atoms with E-state index in [1.165, 1.54) is 25.0 Å². The van der Waals surface area contributed by atoms with Gasteiger partial charge in [0.15, 0.2) is 11.5 Å². The molecule has 1 saturated heterocycles. The fourth-order valence-corrected chi connectivity index (χ4v) is 5.33. The number of hydrogen-bond donors (Lipinski definition) is 1. The van der Waals surface area contributed by atoms with Crippen molar-refractivity contribution in [1.29, 1.82) is 0 Å². The summed E-state index contributed by atoms with van der Waals surface area (Å²) < 4.78 is 34.9. The molecule has 0 unspecified atom stereocenters. The first kappa shape index (κ1) is 26.8. The van der Waals surface area contributed by atoms with Crippen LogP contribution in [0.25, 0.3) is 39.4 Å². The Morgan fingerprint density at radius 1 is 0.791 bits per heavy atom. The Morgan fingerprint density at radius 3 is 2.40 bits per heavy atom. The van der Waals surface area contributed by atoms with Crippen LogP contribution in [0.3, 0.4) is 0 Å². The zero-order valence-electron chi connectivity index (χ0n) is 23.2. The number of fused-ring (bicyclic) bond motifs is 1. The molecular formula is C31H28F2N10. The minimum Gasteiger partial charge on any atom is -0.399 e. The first-order chi connectivity index (χ1) is 20.9. The highest BCUT2D eigenvalue weighted by molar-refractivity contribution is 5.65. The summed E-state index contributed by atoms with van der Waals surface area (Å²) in [7, 11) is 0. The van der Waals surface area contributed by atoms with Crippen molar-refractivity contribution in [3.63, 3.8) is 0 Å². The van der Waals surface area contributed by atoms with Crippen molar-refractivity contribution in [3.8, 4) is 33.8 Å². The van der Waals surface area contributed by atoms with E-state index in [0.29, 0.717) is 28.3 Å². The van der Waals surface area contributed by atoms with Gasteiger partial charge in [0.25, 0.3) is 0 Å². The largest absolute Gasteiger partial charge is 0.399 e. The summed E-state index contributed by atoms with van der Waals surface area (Å²) in [5.74, 6) is -3.76. The number of halogens is 2. The maximum atomic E-state index is 16.0. The lowest BCUT2D eigenvalue weighted by atomic mass is 10.0. The number of nitrogen functional groups attached to an aromatic ring is 1. The molecule has 4 aromatic heterocycles. The van der Waals surface area contributed by atoms with Crippen molar-refractivity contribution in [3.05, 3.63) is 96.8 Å². The van der Waals surface area contributed by atoms with Gasteiger partial charge in [-0.15, -0.1) is 10.2 Å². The topological polar surface area (TPSA) is 116 Å². The molecule has 0 atom stereocenters. The molecule has 10 nitrogen and oxygen atoms in total. The highest BCUT2D eigenvalue weighted by Crippen LogP contribution is 2.36. The van der Waals surface area contributed by atoms with Gasteiger partial charge < -0.3 is 10.6 Å². The predicted molar refractivity (Wildman–Crippen MR) is 158 cm³/mol. The molecule has 2 N–H and O–H groups in total. The summed E-state index contributed by atoms with van der Waals surface area (Å²) in [5, 5.41) is 16.6. The highest BCUT2D eigenvalue weighted by atomic mass is 19.3. The molecule has 0 amide bonds. The van der Waals surface area contributed by atoms with Crippen LogP contribution in [0.15, 0.2) is 85.5 Å². The lowest BCUT2D eigenvalue weighted by molar-refractivity contribution is 0.0307. The van der Waals surface area contributed by atoms with Crippen LogP contribution in [0.5, 0.6) is 0 Å². The molecule has 7 rings (SSSR count). The SMILES string of the molecule is Nc1cccc(-c2ccc3nnc(C(F)(F)c4cccc(-c5ncc(-c6cnn(CCN7CCCC7)c6)cn5)c4)n3n2)c1. The van der Waals surface area contributed by atoms with Crippen LogP contribution < -0.4 is 5.73 Å². The molecule has 1 fully saturated rings. The van der Waals surface area contributed by atoms with Crippen LogP contribution in [-0.2, 0) is 12.5 Å². The van der Waals surface area contributed by atoms with Gasteiger partial charge in [0.1, 0.15) is 0 Å². The van der Waals surface area contributed by atoms with E-state index >= 15 is 8.78 Å². The third-order valence-electron chi connectivity index (χ3n) is 7.67. The van der Waals surface area contributed by atoms with Gasteiger partial charge in [-0.2, -0.15) is 23.5 Å². The molecule has 0 radical (unpaired) electrons. The maximum Gasteiger partial charge on any atom is 0.333 e. The van der Waals surface area contributed by atoms with Crippen molar-refractivity contribution in [2.45, 2.75) is 25.3 Å². The smallest absolute Gasteiger partial charge is 0.333 e. The first-order valence-corrected chi connectivity index (χ1v) is 14.1. The third kappa shape index (κ3) is 5.32. The maximum absolute atomic E-state index is 16.0. The van der Waals surface area contributed by atoms with E-state index in [0.717, 1.165) is 41.8 Å². The van der Waals surface area contributed by atoms with Gasteiger partial charge in [0.05, 0.1) is 18.4 Å². The Bertz CT molecular complexity index is 1890. The van der Waals surface area contributed by atoms with Crippen LogP contribution in [-0.4, -0.2) is 64.1 Å². The fraction of sp³-hybridized carbons (Fsp3) is 0.226. The van der Waals surface area contributed by atoms with E-state index in [1.807, 2.05) is 16.9 Å². The lowest BCUT2D eigenvalue weighted by Crippen LogP contribution is -2.24. The van der Waals surface area contributed by atoms with Gasteiger partial charge in [0.2, 0.25) is 5.82 Å². The molecule has 0 aliphatic carbocycles. The van der Waals surface area contributed by atoms with Gasteiger partial charge in [-0.3, -0.25) is 4.68 Å². The molecule has 216 valence electrons. The molecule has 1 aliphatic heterocycles.